The summed E-state index contributed by atoms with van der Waals surface area (Å²) in [5, 5.41) is 23.2. The molecular formula is C28H32O2S. The van der Waals surface area contributed by atoms with Crippen LogP contribution in [0.4, 0.5) is 0 Å². The zero-order valence-electron chi connectivity index (χ0n) is 19.2. The topological polar surface area (TPSA) is 40.5 Å². The fraction of sp³-hybridized carbons (Fsp3) is 0.429. The summed E-state index contributed by atoms with van der Waals surface area (Å²) in [6.07, 6.45) is 5.37. The second kappa shape index (κ2) is 6.76. The third kappa shape index (κ3) is 3.04. The molecule has 0 radical (unpaired) electrons. The van der Waals surface area contributed by atoms with Gasteiger partial charge in [-0.1, -0.05) is 52.0 Å². The van der Waals surface area contributed by atoms with Crippen molar-refractivity contribution >= 4 is 22.5 Å². The molecule has 0 aliphatic heterocycles. The maximum absolute atomic E-state index is 11.2. The highest BCUT2D eigenvalue weighted by molar-refractivity contribution is 7.98. The first-order chi connectivity index (χ1) is 14.6. The molecule has 1 saturated carbocycles. The van der Waals surface area contributed by atoms with Gasteiger partial charge in [0.25, 0.3) is 0 Å². The molecule has 0 bridgehead atoms. The second-order valence-electron chi connectivity index (χ2n) is 11.2. The first-order valence-corrected chi connectivity index (χ1v) is 12.4. The van der Waals surface area contributed by atoms with Gasteiger partial charge in [-0.2, -0.15) is 0 Å². The van der Waals surface area contributed by atoms with Gasteiger partial charge in [-0.15, -0.1) is 11.8 Å². The number of hydrogen-bond acceptors (Lipinski definition) is 3. The third-order valence-corrected chi connectivity index (χ3v) is 8.25. The zero-order valence-corrected chi connectivity index (χ0v) is 20.0. The van der Waals surface area contributed by atoms with E-state index in [0.717, 1.165) is 34.1 Å². The number of aromatic hydroxyl groups is 1. The van der Waals surface area contributed by atoms with E-state index in [9.17, 15) is 10.2 Å². The van der Waals surface area contributed by atoms with Gasteiger partial charge >= 0.3 is 0 Å². The van der Waals surface area contributed by atoms with Crippen molar-refractivity contribution in [1.82, 2.24) is 0 Å². The Kier molecular flexibility index (Phi) is 4.56. The largest absolute Gasteiger partial charge is 0.507 e. The Morgan fingerprint density at radius 2 is 1.55 bits per heavy atom. The summed E-state index contributed by atoms with van der Waals surface area (Å²) < 4.78 is 0. The van der Waals surface area contributed by atoms with Crippen molar-refractivity contribution in [1.29, 1.82) is 0 Å². The lowest BCUT2D eigenvalue weighted by Gasteiger charge is -2.51. The predicted molar refractivity (Wildman–Crippen MR) is 131 cm³/mol. The molecule has 3 aromatic rings. The Bertz CT molecular complexity index is 1190. The number of benzene rings is 3. The molecule has 0 atom stereocenters. The maximum Gasteiger partial charge on any atom is 0.123 e. The van der Waals surface area contributed by atoms with Crippen LogP contribution in [-0.4, -0.2) is 16.5 Å². The van der Waals surface area contributed by atoms with Crippen LogP contribution in [0.15, 0.2) is 47.4 Å². The standard InChI is InChI=1S/C28H32O2S/c1-26(2)14-27(3,4)16-28(15-26)21-9-7-6-8-18(21)25-20-10-17(13-29)24(31-5)11-19(20)23(30)12-22(25)28/h6-12,29-30H,13-16H2,1-5H3. The van der Waals surface area contributed by atoms with E-state index in [1.165, 1.54) is 28.7 Å². The molecule has 2 N–H and O–H groups in total. The Balaban J connectivity index is 1.90. The number of phenolic OH excluding ortho intramolecular Hbond substituents is 1. The molecule has 0 heterocycles. The lowest BCUT2D eigenvalue weighted by Crippen LogP contribution is -2.43. The minimum atomic E-state index is -0.0968. The van der Waals surface area contributed by atoms with E-state index in [1.807, 2.05) is 12.3 Å². The summed E-state index contributed by atoms with van der Waals surface area (Å²) in [5.74, 6) is 0.349. The van der Waals surface area contributed by atoms with Crippen molar-refractivity contribution in [3.05, 3.63) is 59.2 Å². The van der Waals surface area contributed by atoms with Crippen molar-refractivity contribution in [2.75, 3.05) is 6.26 Å². The van der Waals surface area contributed by atoms with Crippen molar-refractivity contribution in [3.8, 4) is 16.9 Å². The molecule has 162 valence electrons. The van der Waals surface area contributed by atoms with Crippen LogP contribution in [0.25, 0.3) is 21.9 Å². The number of hydrogen-bond donors (Lipinski definition) is 2. The molecule has 1 spiro atoms. The fourth-order valence-electron chi connectivity index (χ4n) is 7.22. The summed E-state index contributed by atoms with van der Waals surface area (Å²) >= 11 is 1.61. The molecule has 2 aliphatic carbocycles. The number of aliphatic hydroxyl groups is 1. The highest BCUT2D eigenvalue weighted by atomic mass is 32.2. The number of fused-ring (bicyclic) bond motifs is 7. The van der Waals surface area contributed by atoms with Gasteiger partial charge in [0.15, 0.2) is 0 Å². The summed E-state index contributed by atoms with van der Waals surface area (Å²) in [5.41, 5.74) is 6.45. The Hall–Kier alpha value is -1.97. The van der Waals surface area contributed by atoms with Gasteiger partial charge in [0, 0.05) is 15.7 Å². The molecule has 0 saturated heterocycles. The Labute approximate surface area is 189 Å². The van der Waals surface area contributed by atoms with Crippen molar-refractivity contribution in [3.63, 3.8) is 0 Å². The highest BCUT2D eigenvalue weighted by Gasteiger charge is 2.53. The van der Waals surface area contributed by atoms with Crippen LogP contribution in [0.5, 0.6) is 5.75 Å². The first kappa shape index (κ1) is 20.9. The van der Waals surface area contributed by atoms with Crippen LogP contribution in [0.3, 0.4) is 0 Å². The Morgan fingerprint density at radius 3 is 2.19 bits per heavy atom. The predicted octanol–water partition coefficient (Wildman–Crippen LogP) is 7.26. The van der Waals surface area contributed by atoms with Crippen LogP contribution in [0, 0.1) is 10.8 Å². The first-order valence-electron chi connectivity index (χ1n) is 11.2. The maximum atomic E-state index is 11.2. The van der Waals surface area contributed by atoms with Gasteiger partial charge < -0.3 is 10.2 Å². The third-order valence-electron chi connectivity index (χ3n) is 7.43. The van der Waals surface area contributed by atoms with Crippen molar-refractivity contribution in [2.24, 2.45) is 10.8 Å². The van der Waals surface area contributed by atoms with E-state index in [-0.39, 0.29) is 22.9 Å². The molecule has 2 nitrogen and oxygen atoms in total. The molecule has 0 unspecified atom stereocenters. The SMILES string of the molecule is CSc1cc2c(O)cc3c(c2cc1CO)-c1ccccc1C31CC(C)(C)CC(C)(C)C1. The molecule has 3 aromatic carbocycles. The second-order valence-corrected chi connectivity index (χ2v) is 12.0. The van der Waals surface area contributed by atoms with E-state index in [2.05, 4.69) is 64.1 Å². The summed E-state index contributed by atoms with van der Waals surface area (Å²) in [7, 11) is 0. The van der Waals surface area contributed by atoms with E-state index in [0.29, 0.717) is 5.75 Å². The van der Waals surface area contributed by atoms with Crippen LogP contribution in [-0.2, 0) is 12.0 Å². The summed E-state index contributed by atoms with van der Waals surface area (Å²) in [4.78, 5) is 1.02. The quantitative estimate of drug-likeness (QED) is 0.419. The van der Waals surface area contributed by atoms with Crippen molar-refractivity contribution in [2.45, 2.75) is 63.9 Å². The van der Waals surface area contributed by atoms with E-state index in [1.54, 1.807) is 11.8 Å². The molecule has 31 heavy (non-hydrogen) atoms. The van der Waals surface area contributed by atoms with Crippen LogP contribution in [0.1, 0.15) is 63.6 Å². The van der Waals surface area contributed by atoms with E-state index < -0.39 is 0 Å². The van der Waals surface area contributed by atoms with Crippen LogP contribution in [0.2, 0.25) is 0 Å². The average molecular weight is 433 g/mol. The van der Waals surface area contributed by atoms with Gasteiger partial charge in [0.2, 0.25) is 0 Å². The van der Waals surface area contributed by atoms with Crippen molar-refractivity contribution < 1.29 is 10.2 Å². The van der Waals surface area contributed by atoms with Gasteiger partial charge in [-0.3, -0.25) is 0 Å². The molecule has 3 heteroatoms. The van der Waals surface area contributed by atoms with Crippen LogP contribution >= 0.6 is 11.8 Å². The lowest BCUT2D eigenvalue weighted by atomic mass is 9.52. The fourth-order valence-corrected chi connectivity index (χ4v) is 7.84. The van der Waals surface area contributed by atoms with Crippen LogP contribution < -0.4 is 0 Å². The van der Waals surface area contributed by atoms with Gasteiger partial charge in [0.1, 0.15) is 5.75 Å². The minimum absolute atomic E-state index is 0.00337. The van der Waals surface area contributed by atoms with Gasteiger partial charge in [-0.25, -0.2) is 0 Å². The zero-order chi connectivity index (χ0) is 22.2. The number of thioether (sulfide) groups is 1. The number of rotatable bonds is 2. The molecule has 0 amide bonds. The Morgan fingerprint density at radius 1 is 0.871 bits per heavy atom. The highest BCUT2D eigenvalue weighted by Crippen LogP contribution is 2.64. The number of aliphatic hydroxyl groups excluding tert-OH is 1. The average Bonchev–Trinajstić information content (AvgIpc) is 2.94. The summed E-state index contributed by atoms with van der Waals surface area (Å²) in [6.45, 7) is 9.58. The summed E-state index contributed by atoms with van der Waals surface area (Å²) in [6, 6.07) is 15.0. The smallest absolute Gasteiger partial charge is 0.123 e. The minimum Gasteiger partial charge on any atom is -0.507 e. The molecule has 2 aliphatic rings. The normalized spacial score (nSPS) is 20.1. The number of phenols is 1. The van der Waals surface area contributed by atoms with Gasteiger partial charge in [0.05, 0.1) is 6.61 Å². The van der Waals surface area contributed by atoms with E-state index >= 15 is 0 Å². The molecular weight excluding hydrogens is 400 g/mol. The van der Waals surface area contributed by atoms with Gasteiger partial charge in [-0.05, 0) is 87.8 Å². The monoisotopic (exact) mass is 432 g/mol. The van der Waals surface area contributed by atoms with E-state index in [4.69, 9.17) is 0 Å². The molecule has 1 fully saturated rings. The molecule has 5 rings (SSSR count). The molecule has 0 aromatic heterocycles. The lowest BCUT2D eigenvalue weighted by molar-refractivity contribution is 0.0645.